The number of hydrogen-bond acceptors (Lipinski definition) is 6. The third-order valence-electron chi connectivity index (χ3n) is 2.72. The van der Waals surface area contributed by atoms with E-state index in [9.17, 15) is 0 Å². The molecule has 0 aliphatic rings. The molecule has 0 aromatic carbocycles. The van der Waals surface area contributed by atoms with E-state index in [2.05, 4.69) is 24.0 Å². The van der Waals surface area contributed by atoms with Gasteiger partial charge < -0.3 is 19.4 Å². The minimum atomic E-state index is -0.175. The highest BCUT2D eigenvalue weighted by atomic mass is 16.5. The molecule has 0 fully saturated rings. The molecule has 19 heavy (non-hydrogen) atoms. The lowest BCUT2D eigenvalue weighted by Crippen LogP contribution is -2.12. The van der Waals surface area contributed by atoms with Crippen LogP contribution in [0.3, 0.4) is 0 Å². The van der Waals surface area contributed by atoms with Crippen molar-refractivity contribution >= 4 is 0 Å². The molecular weight excluding hydrogens is 246 g/mol. The van der Waals surface area contributed by atoms with Gasteiger partial charge in [-0.2, -0.15) is 4.98 Å². The van der Waals surface area contributed by atoms with Gasteiger partial charge in [0.05, 0.1) is 6.54 Å². The lowest BCUT2D eigenvalue weighted by molar-refractivity contribution is 0.0217. The van der Waals surface area contributed by atoms with Gasteiger partial charge in [-0.1, -0.05) is 19.0 Å². The van der Waals surface area contributed by atoms with E-state index in [-0.39, 0.29) is 12.0 Å². The number of rotatable bonds is 6. The van der Waals surface area contributed by atoms with E-state index < -0.39 is 0 Å². The summed E-state index contributed by atoms with van der Waals surface area (Å²) in [5, 5.41) is 3.97. The van der Waals surface area contributed by atoms with Crippen LogP contribution in [0.4, 0.5) is 0 Å². The van der Waals surface area contributed by atoms with E-state index >= 15 is 0 Å². The summed E-state index contributed by atoms with van der Waals surface area (Å²) in [4.78, 5) is 4.33. The summed E-state index contributed by atoms with van der Waals surface area (Å²) in [6.07, 6.45) is -0.175. The number of aromatic nitrogens is 2. The molecule has 2 aromatic heterocycles. The molecule has 0 bridgehead atoms. The van der Waals surface area contributed by atoms with Crippen molar-refractivity contribution in [3.05, 3.63) is 23.7 Å². The molecule has 1 unspecified atom stereocenters. The van der Waals surface area contributed by atoms with Gasteiger partial charge in [0.15, 0.2) is 5.76 Å². The van der Waals surface area contributed by atoms with Crippen molar-refractivity contribution in [1.82, 2.24) is 10.1 Å². The summed E-state index contributed by atoms with van der Waals surface area (Å²) in [6, 6.07) is 3.56. The minimum absolute atomic E-state index is 0.175. The van der Waals surface area contributed by atoms with Crippen LogP contribution in [0.5, 0.6) is 0 Å². The number of nitrogens with two attached hydrogens (primary N) is 1. The Kier molecular flexibility index (Phi) is 4.34. The summed E-state index contributed by atoms with van der Waals surface area (Å²) in [5.41, 5.74) is 5.49. The van der Waals surface area contributed by atoms with Gasteiger partial charge in [-0.3, -0.25) is 0 Å². The maximum Gasteiger partial charge on any atom is 0.293 e. The zero-order chi connectivity index (χ0) is 13.8. The van der Waals surface area contributed by atoms with Gasteiger partial charge in [0.25, 0.3) is 5.89 Å². The van der Waals surface area contributed by atoms with Gasteiger partial charge in [0, 0.05) is 6.61 Å². The van der Waals surface area contributed by atoms with Crippen LogP contribution < -0.4 is 5.73 Å². The van der Waals surface area contributed by atoms with Crippen molar-refractivity contribution < 1.29 is 13.7 Å². The molecule has 0 saturated heterocycles. The second-order valence-electron chi connectivity index (χ2n) is 4.55. The number of nitrogens with zero attached hydrogens (tertiary/aromatic N) is 2. The zero-order valence-corrected chi connectivity index (χ0v) is 11.4. The highest BCUT2D eigenvalue weighted by molar-refractivity contribution is 5.44. The quantitative estimate of drug-likeness (QED) is 0.863. The van der Waals surface area contributed by atoms with E-state index in [1.807, 2.05) is 6.92 Å². The molecule has 0 saturated carbocycles. The largest absolute Gasteiger partial charge is 0.455 e. The molecule has 2 heterocycles. The lowest BCUT2D eigenvalue weighted by atomic mass is 10.1. The Morgan fingerprint density at radius 2 is 2.16 bits per heavy atom. The summed E-state index contributed by atoms with van der Waals surface area (Å²) >= 11 is 0. The van der Waals surface area contributed by atoms with Crippen LogP contribution >= 0.6 is 0 Å². The molecule has 2 N–H and O–H groups in total. The van der Waals surface area contributed by atoms with Gasteiger partial charge in [0.1, 0.15) is 11.9 Å². The second kappa shape index (κ2) is 5.99. The number of hydrogen-bond donors (Lipinski definition) is 1. The topological polar surface area (TPSA) is 87.3 Å². The van der Waals surface area contributed by atoms with E-state index in [0.717, 1.165) is 0 Å². The molecule has 2 aromatic rings. The van der Waals surface area contributed by atoms with Crippen LogP contribution in [-0.4, -0.2) is 16.7 Å². The highest BCUT2D eigenvalue weighted by Gasteiger charge is 2.23. The normalized spacial score (nSPS) is 13.1. The molecule has 104 valence electrons. The Morgan fingerprint density at radius 1 is 1.37 bits per heavy atom. The Bertz CT molecular complexity index is 519. The summed E-state index contributed by atoms with van der Waals surface area (Å²) in [6.45, 7) is 6.99. The number of ether oxygens (including phenoxy) is 1. The van der Waals surface area contributed by atoms with E-state index in [1.54, 1.807) is 12.1 Å². The van der Waals surface area contributed by atoms with Crippen molar-refractivity contribution in [3.8, 4) is 11.7 Å². The molecule has 1 atom stereocenters. The first-order chi connectivity index (χ1) is 9.15. The molecular formula is C13H19N3O3. The zero-order valence-electron chi connectivity index (χ0n) is 11.4. The maximum absolute atomic E-state index is 5.63. The number of furan rings is 1. The Morgan fingerprint density at radius 3 is 2.74 bits per heavy atom. The van der Waals surface area contributed by atoms with Crippen LogP contribution in [0, 0.1) is 5.92 Å². The van der Waals surface area contributed by atoms with Crippen LogP contribution in [-0.2, 0) is 11.3 Å². The Hall–Kier alpha value is -1.66. The molecule has 0 radical (unpaired) electrons. The average molecular weight is 265 g/mol. The van der Waals surface area contributed by atoms with Gasteiger partial charge in [-0.25, -0.2) is 0 Å². The van der Waals surface area contributed by atoms with E-state index in [0.29, 0.717) is 36.4 Å². The maximum atomic E-state index is 5.63. The Balaban J connectivity index is 2.22. The summed E-state index contributed by atoms with van der Waals surface area (Å²) < 4.78 is 16.3. The predicted molar refractivity (Wildman–Crippen MR) is 69.1 cm³/mol. The fraction of sp³-hybridized carbons (Fsp3) is 0.538. The SMILES string of the molecule is CCOC(c1noc(-c2ccc(CN)o2)n1)C(C)C. The van der Waals surface area contributed by atoms with Crippen molar-refractivity contribution in [2.24, 2.45) is 11.7 Å². The highest BCUT2D eigenvalue weighted by Crippen LogP contribution is 2.26. The fourth-order valence-corrected chi connectivity index (χ4v) is 1.80. The molecule has 0 aliphatic heterocycles. The van der Waals surface area contributed by atoms with Gasteiger partial charge in [-0.05, 0) is 25.0 Å². The first kappa shape index (κ1) is 13.8. The third-order valence-corrected chi connectivity index (χ3v) is 2.72. The lowest BCUT2D eigenvalue weighted by Gasteiger charge is -2.16. The van der Waals surface area contributed by atoms with Crippen LogP contribution in [0.2, 0.25) is 0 Å². The smallest absolute Gasteiger partial charge is 0.293 e. The molecule has 6 heteroatoms. The average Bonchev–Trinajstić information content (AvgIpc) is 3.03. The van der Waals surface area contributed by atoms with Crippen molar-refractivity contribution in [3.63, 3.8) is 0 Å². The van der Waals surface area contributed by atoms with Gasteiger partial charge >= 0.3 is 0 Å². The molecule has 2 rings (SSSR count). The first-order valence-electron chi connectivity index (χ1n) is 6.40. The van der Waals surface area contributed by atoms with E-state index in [4.69, 9.17) is 19.4 Å². The molecule has 6 nitrogen and oxygen atoms in total. The fourth-order valence-electron chi connectivity index (χ4n) is 1.80. The van der Waals surface area contributed by atoms with Crippen molar-refractivity contribution in [2.75, 3.05) is 6.61 Å². The van der Waals surface area contributed by atoms with E-state index in [1.165, 1.54) is 0 Å². The molecule has 0 spiro atoms. The van der Waals surface area contributed by atoms with Crippen molar-refractivity contribution in [1.29, 1.82) is 0 Å². The third kappa shape index (κ3) is 3.02. The van der Waals surface area contributed by atoms with Gasteiger partial charge in [-0.15, -0.1) is 0 Å². The second-order valence-corrected chi connectivity index (χ2v) is 4.55. The van der Waals surface area contributed by atoms with Crippen molar-refractivity contribution in [2.45, 2.75) is 33.4 Å². The predicted octanol–water partition coefficient (Wildman–Crippen LogP) is 2.52. The summed E-state index contributed by atoms with van der Waals surface area (Å²) in [5.74, 6) is 2.36. The van der Waals surface area contributed by atoms with Crippen LogP contribution in [0.15, 0.2) is 21.1 Å². The standard InChI is InChI=1S/C13H19N3O3/c1-4-17-11(8(2)3)12-15-13(19-16-12)10-6-5-9(7-14)18-10/h5-6,8,11H,4,7,14H2,1-3H3. The minimum Gasteiger partial charge on any atom is -0.455 e. The first-order valence-corrected chi connectivity index (χ1v) is 6.40. The monoisotopic (exact) mass is 265 g/mol. The summed E-state index contributed by atoms with van der Waals surface area (Å²) in [7, 11) is 0. The Labute approximate surface area is 111 Å². The molecule has 0 aliphatic carbocycles. The van der Waals surface area contributed by atoms with Crippen LogP contribution in [0.25, 0.3) is 11.7 Å². The molecule has 0 amide bonds. The van der Waals surface area contributed by atoms with Gasteiger partial charge in [0.2, 0.25) is 5.82 Å². The van der Waals surface area contributed by atoms with Crippen LogP contribution in [0.1, 0.15) is 38.5 Å².